The maximum Gasteiger partial charge on any atom is 0.0187 e. The molecular weight excluding hydrogens is 154 g/mol. The Bertz CT molecular complexity index is 160. The van der Waals surface area contributed by atoms with Gasteiger partial charge in [0, 0.05) is 11.8 Å². The van der Waals surface area contributed by atoms with Crippen LogP contribution in [-0.4, -0.2) is 11.8 Å². The van der Waals surface area contributed by atoms with Crippen molar-refractivity contribution in [3.63, 3.8) is 0 Å². The molecule has 2 aliphatic carbocycles. The molecule has 3 atom stereocenters. The molecule has 0 saturated heterocycles. The summed E-state index contributed by atoms with van der Waals surface area (Å²) in [4.78, 5) is 0. The molecule has 11 heavy (non-hydrogen) atoms. The van der Waals surface area contributed by atoms with Gasteiger partial charge in [-0.3, -0.25) is 0 Å². The van der Waals surface area contributed by atoms with E-state index in [0.717, 1.165) is 11.7 Å². The lowest BCUT2D eigenvalue weighted by Gasteiger charge is -2.26. The molecule has 0 bridgehead atoms. The van der Waals surface area contributed by atoms with Crippen molar-refractivity contribution in [3.05, 3.63) is 0 Å². The fourth-order valence-electron chi connectivity index (χ4n) is 2.76. The van der Waals surface area contributed by atoms with E-state index < -0.39 is 0 Å². The molecule has 0 heterocycles. The number of rotatable bonds is 2. The molecule has 2 fully saturated rings. The molecule has 2 aliphatic rings. The van der Waals surface area contributed by atoms with Crippen molar-refractivity contribution in [2.45, 2.75) is 38.1 Å². The lowest BCUT2D eigenvalue weighted by molar-refractivity contribution is 0.295. The smallest absolute Gasteiger partial charge is 0.0187 e. The van der Waals surface area contributed by atoms with Crippen LogP contribution < -0.4 is 5.73 Å². The van der Waals surface area contributed by atoms with E-state index in [-0.39, 0.29) is 0 Å². The van der Waals surface area contributed by atoms with Crippen molar-refractivity contribution in [1.82, 2.24) is 0 Å². The van der Waals surface area contributed by atoms with Crippen LogP contribution in [0.2, 0.25) is 0 Å². The Hall–Kier alpha value is 0.310. The van der Waals surface area contributed by atoms with Gasteiger partial charge < -0.3 is 5.73 Å². The summed E-state index contributed by atoms with van der Waals surface area (Å²) in [7, 11) is 0. The number of thiol groups is 1. The van der Waals surface area contributed by atoms with Crippen LogP contribution in [0.4, 0.5) is 0 Å². The molecule has 2 N–H and O–H groups in total. The SMILES string of the molecule is NC(CS)C12CCCCC1C2. The van der Waals surface area contributed by atoms with Gasteiger partial charge in [-0.2, -0.15) is 12.6 Å². The van der Waals surface area contributed by atoms with Gasteiger partial charge >= 0.3 is 0 Å². The molecular formula is C9H17NS. The van der Waals surface area contributed by atoms with Gasteiger partial charge in [0.25, 0.3) is 0 Å². The molecule has 2 heteroatoms. The van der Waals surface area contributed by atoms with Crippen molar-refractivity contribution in [2.24, 2.45) is 17.1 Å². The molecule has 2 saturated carbocycles. The molecule has 0 amide bonds. The number of hydrogen-bond acceptors (Lipinski definition) is 2. The Morgan fingerprint density at radius 1 is 1.55 bits per heavy atom. The van der Waals surface area contributed by atoms with Crippen LogP contribution in [0, 0.1) is 11.3 Å². The summed E-state index contributed by atoms with van der Waals surface area (Å²) in [5.74, 6) is 1.84. The minimum Gasteiger partial charge on any atom is -0.326 e. The summed E-state index contributed by atoms with van der Waals surface area (Å²) >= 11 is 4.28. The summed E-state index contributed by atoms with van der Waals surface area (Å²) in [6.45, 7) is 0. The van der Waals surface area contributed by atoms with E-state index in [0.29, 0.717) is 11.5 Å². The summed E-state index contributed by atoms with van der Waals surface area (Å²) in [5.41, 5.74) is 6.60. The Morgan fingerprint density at radius 2 is 2.36 bits per heavy atom. The van der Waals surface area contributed by atoms with E-state index in [2.05, 4.69) is 12.6 Å². The first-order valence-electron chi connectivity index (χ1n) is 4.66. The van der Waals surface area contributed by atoms with Crippen LogP contribution in [0.5, 0.6) is 0 Å². The minimum absolute atomic E-state index is 0.371. The van der Waals surface area contributed by atoms with Crippen LogP contribution in [-0.2, 0) is 0 Å². The summed E-state index contributed by atoms with van der Waals surface area (Å²) < 4.78 is 0. The monoisotopic (exact) mass is 171 g/mol. The van der Waals surface area contributed by atoms with E-state index in [1.165, 1.54) is 32.1 Å². The Kier molecular flexibility index (Phi) is 1.92. The van der Waals surface area contributed by atoms with Crippen LogP contribution in [0.1, 0.15) is 32.1 Å². The summed E-state index contributed by atoms with van der Waals surface area (Å²) in [6.07, 6.45) is 7.04. The predicted octanol–water partition coefficient (Wildman–Crippen LogP) is 1.82. The Labute approximate surface area is 74.1 Å². The third kappa shape index (κ3) is 1.11. The zero-order valence-electron chi connectivity index (χ0n) is 6.92. The molecule has 3 unspecified atom stereocenters. The van der Waals surface area contributed by atoms with Crippen molar-refractivity contribution in [1.29, 1.82) is 0 Å². The molecule has 0 spiro atoms. The van der Waals surface area contributed by atoms with E-state index in [4.69, 9.17) is 5.73 Å². The van der Waals surface area contributed by atoms with Crippen molar-refractivity contribution < 1.29 is 0 Å². The predicted molar refractivity (Wildman–Crippen MR) is 50.8 cm³/mol. The molecule has 0 aromatic rings. The highest BCUT2D eigenvalue weighted by Gasteiger charge is 2.57. The average Bonchev–Trinajstić information content (AvgIpc) is 2.78. The third-order valence-corrected chi connectivity index (χ3v) is 4.05. The molecule has 0 radical (unpaired) electrons. The van der Waals surface area contributed by atoms with Gasteiger partial charge in [-0.05, 0) is 30.6 Å². The molecule has 0 aromatic carbocycles. The molecule has 64 valence electrons. The van der Waals surface area contributed by atoms with Crippen molar-refractivity contribution in [3.8, 4) is 0 Å². The lowest BCUT2D eigenvalue weighted by atomic mass is 9.83. The zero-order valence-corrected chi connectivity index (χ0v) is 7.82. The standard InChI is InChI=1S/C9H17NS/c10-8(6-11)9-4-2-1-3-7(9)5-9/h7-8,11H,1-6,10H2. The van der Waals surface area contributed by atoms with Gasteiger partial charge in [0.2, 0.25) is 0 Å². The van der Waals surface area contributed by atoms with Crippen molar-refractivity contribution >= 4 is 12.6 Å². The van der Waals surface area contributed by atoms with Gasteiger partial charge in [-0.1, -0.05) is 12.8 Å². The second-order valence-corrected chi connectivity index (χ2v) is 4.53. The van der Waals surface area contributed by atoms with E-state index in [1.807, 2.05) is 0 Å². The van der Waals surface area contributed by atoms with Gasteiger partial charge in [-0.25, -0.2) is 0 Å². The highest BCUT2D eigenvalue weighted by Crippen LogP contribution is 2.62. The number of fused-ring (bicyclic) bond motifs is 1. The normalized spacial score (nSPS) is 44.7. The second kappa shape index (κ2) is 2.67. The topological polar surface area (TPSA) is 26.0 Å². The van der Waals surface area contributed by atoms with Gasteiger partial charge in [0.1, 0.15) is 0 Å². The van der Waals surface area contributed by atoms with Crippen molar-refractivity contribution in [2.75, 3.05) is 5.75 Å². The maximum atomic E-state index is 6.05. The van der Waals surface area contributed by atoms with Crippen LogP contribution in [0.25, 0.3) is 0 Å². The molecule has 2 rings (SSSR count). The Morgan fingerprint density at radius 3 is 3.00 bits per heavy atom. The highest BCUT2D eigenvalue weighted by atomic mass is 32.1. The fraction of sp³-hybridized carbons (Fsp3) is 1.00. The quantitative estimate of drug-likeness (QED) is 0.609. The van der Waals surface area contributed by atoms with Gasteiger partial charge in [-0.15, -0.1) is 0 Å². The number of hydrogen-bond donors (Lipinski definition) is 2. The first-order chi connectivity index (χ1) is 5.29. The summed E-state index contributed by atoms with van der Waals surface area (Å²) in [5, 5.41) is 0. The molecule has 0 aromatic heterocycles. The molecule has 1 nitrogen and oxygen atoms in total. The first-order valence-corrected chi connectivity index (χ1v) is 5.29. The van der Waals surface area contributed by atoms with Crippen LogP contribution in [0.15, 0.2) is 0 Å². The van der Waals surface area contributed by atoms with Crippen LogP contribution in [0.3, 0.4) is 0 Å². The van der Waals surface area contributed by atoms with E-state index in [9.17, 15) is 0 Å². The van der Waals surface area contributed by atoms with Gasteiger partial charge in [0.05, 0.1) is 0 Å². The number of nitrogens with two attached hydrogens (primary N) is 1. The zero-order chi connectivity index (χ0) is 7.90. The average molecular weight is 171 g/mol. The maximum absolute atomic E-state index is 6.05. The second-order valence-electron chi connectivity index (χ2n) is 4.17. The summed E-state index contributed by atoms with van der Waals surface area (Å²) in [6, 6.07) is 0.371. The van der Waals surface area contributed by atoms with Crippen LogP contribution >= 0.6 is 12.6 Å². The minimum atomic E-state index is 0.371. The lowest BCUT2D eigenvalue weighted by Crippen LogP contribution is -2.36. The molecule has 0 aliphatic heterocycles. The fourth-order valence-corrected chi connectivity index (χ4v) is 3.13. The largest absolute Gasteiger partial charge is 0.326 e. The van der Waals surface area contributed by atoms with Gasteiger partial charge in [0.15, 0.2) is 0 Å². The third-order valence-electron chi connectivity index (χ3n) is 3.66. The Balaban J connectivity index is 2.01. The van der Waals surface area contributed by atoms with E-state index >= 15 is 0 Å². The highest BCUT2D eigenvalue weighted by molar-refractivity contribution is 7.80. The first kappa shape index (κ1) is 7.93. The van der Waals surface area contributed by atoms with E-state index in [1.54, 1.807) is 0 Å².